The second-order valence-electron chi connectivity index (χ2n) is 22.2. The van der Waals surface area contributed by atoms with Crippen LogP contribution in [0, 0.1) is 17.8 Å². The third-order valence-electron chi connectivity index (χ3n) is 15.5. The van der Waals surface area contributed by atoms with Gasteiger partial charge in [0.2, 0.25) is 47.3 Å². The highest BCUT2D eigenvalue weighted by Gasteiger charge is 2.45. The lowest BCUT2D eigenvalue weighted by Crippen LogP contribution is -2.62. The number of ketones is 1. The van der Waals surface area contributed by atoms with E-state index in [1.165, 1.54) is 25.8 Å². The highest BCUT2D eigenvalue weighted by atomic mass is 32.2. The minimum Gasteiger partial charge on any atom is -0.496 e. The Morgan fingerprint density at radius 2 is 1.33 bits per heavy atom. The van der Waals surface area contributed by atoms with Crippen molar-refractivity contribution in [3.05, 3.63) is 23.3 Å². The number of H-pyrrole nitrogens is 1. The zero-order valence-corrected chi connectivity index (χ0v) is 54.2. The number of nitrogens with two attached hydrogens (primary N) is 1. The topological polar surface area (TPSA) is 422 Å². The molecule has 30 nitrogen and oxygen atoms in total. The molecule has 12 N–H and O–H groups in total. The fourth-order valence-electron chi connectivity index (χ4n) is 10.3. The number of nitrogens with one attached hydrogen (secondary N) is 7. The van der Waals surface area contributed by atoms with Gasteiger partial charge in [-0.3, -0.25) is 47.4 Å². The van der Waals surface area contributed by atoms with Crippen LogP contribution in [0.4, 0.5) is 0 Å². The number of hydrogen-bond donors (Lipinski definition) is 11. The summed E-state index contributed by atoms with van der Waals surface area (Å²) in [5, 5.41) is 47.3. The molecule has 5 rings (SSSR count). The summed E-state index contributed by atoms with van der Waals surface area (Å²) >= 11 is 1.45. The average molecular weight is 1330 g/mol. The van der Waals surface area contributed by atoms with Gasteiger partial charge in [-0.2, -0.15) is 11.8 Å². The van der Waals surface area contributed by atoms with E-state index in [-0.39, 0.29) is 16.3 Å². The molecule has 4 heterocycles. The zero-order valence-electron chi connectivity index (χ0n) is 52.6. The number of aliphatic hydroxyl groups excluding tert-OH is 3. The summed E-state index contributed by atoms with van der Waals surface area (Å²) < 4.78 is 60.0. The minimum absolute atomic E-state index is 0.116. The van der Waals surface area contributed by atoms with Crippen LogP contribution in [0.2, 0.25) is 0 Å². The van der Waals surface area contributed by atoms with E-state index in [0.29, 0.717) is 120 Å². The number of aromatic amines is 1. The number of primary amides is 1. The normalized spacial score (nSPS) is 23.7. The lowest BCUT2D eigenvalue weighted by atomic mass is 9.86. The van der Waals surface area contributed by atoms with Crippen LogP contribution in [0.1, 0.15) is 70.9 Å². The van der Waals surface area contributed by atoms with Crippen molar-refractivity contribution in [2.75, 3.05) is 137 Å². The Morgan fingerprint density at radius 3 is 1.90 bits per heavy atom. The first kappa shape index (κ1) is 75.8. The number of nitrogens with zero attached hydrogens (tertiary/aromatic N) is 1. The fourth-order valence-corrected chi connectivity index (χ4v) is 12.5. The van der Waals surface area contributed by atoms with Crippen molar-refractivity contribution in [3.63, 3.8) is 0 Å². The van der Waals surface area contributed by atoms with Crippen LogP contribution in [0.5, 0.6) is 5.75 Å². The maximum Gasteiger partial charge on any atom is 0.246 e. The first-order valence-corrected chi connectivity index (χ1v) is 33.2. The summed E-state index contributed by atoms with van der Waals surface area (Å²) in [5.41, 5.74) is 6.64. The van der Waals surface area contributed by atoms with Crippen LogP contribution in [-0.4, -0.2) is 262 Å². The van der Waals surface area contributed by atoms with Crippen molar-refractivity contribution in [1.29, 1.82) is 0 Å². The number of aromatic nitrogens is 1. The standard InChI is InChI=1S/C59H93N9O21S2/c1-6-10-83-11-12-84-13-14-85-15-16-86-17-18-87-19-20-88-21-22-89-23-24-90-33-42-48(82-5)9-8-39-41-27-43-54(76)61-29-37(70)25-40(35(3)7-2)53(75)62-30-50(74)63-45(34-91(81)58(41)67-52(39)42)55(77)65-44(28-49(60)73)59(80)68-31-38(71)26-46(68)56(78)66-51(57(79)64-43)36(4)47(72)32-69/h8-9,35-36,38,40,43-47,51,67,69,71-72H,6-7,10-34H2,1-5H3,(H2,60,73)(H,61,76)(H,62,75)(H,63,74)(H,64,79)(H,65,77)(H,66,78)/t35-,36-,38+,40-,43-,44-,45+,46-,47-,51-,91?/m0/s1. The smallest absolute Gasteiger partial charge is 0.246 e. The highest BCUT2D eigenvalue weighted by Crippen LogP contribution is 2.36. The van der Waals surface area contributed by atoms with Gasteiger partial charge in [0.15, 0.2) is 5.78 Å². The number of ether oxygens (including phenoxy) is 8. The molecule has 1 unspecified atom stereocenters. The Bertz CT molecular complexity index is 2740. The predicted molar refractivity (Wildman–Crippen MR) is 331 cm³/mol. The average Bonchev–Trinajstić information content (AvgIpc) is 1.64. The molecule has 0 saturated carbocycles. The van der Waals surface area contributed by atoms with Gasteiger partial charge in [-0.1, -0.05) is 34.1 Å². The number of methoxy groups -OCH3 is 1. The first-order valence-electron chi connectivity index (χ1n) is 30.8. The third-order valence-corrected chi connectivity index (χ3v) is 17.9. The number of aliphatic hydroxyl groups is 3. The molecule has 1 saturated heterocycles. The summed E-state index contributed by atoms with van der Waals surface area (Å²) in [6, 6.07) is -5.52. The van der Waals surface area contributed by atoms with E-state index in [4.69, 9.17) is 43.6 Å². The molecule has 0 aliphatic carbocycles. The highest BCUT2D eigenvalue weighted by molar-refractivity contribution is 7.98. The van der Waals surface area contributed by atoms with Crippen molar-refractivity contribution in [3.8, 4) is 5.75 Å². The van der Waals surface area contributed by atoms with Gasteiger partial charge in [0.25, 0.3) is 0 Å². The Kier molecular flexibility index (Phi) is 33.5. The van der Waals surface area contributed by atoms with Gasteiger partial charge in [0.1, 0.15) is 41.0 Å². The molecular weight excluding hydrogens is 1230 g/mol. The molecule has 0 radical (unpaired) electrons. The molecule has 0 spiro atoms. The maximum absolute atomic E-state index is 15.3. The van der Waals surface area contributed by atoms with Crippen LogP contribution >= 0.6 is 11.8 Å². The number of rotatable bonds is 33. The number of Topliss-reactive ketones (excluding diaryl/α,β-unsaturated/α-hetero) is 1. The Labute approximate surface area is 536 Å². The Hall–Kier alpha value is -5.91. The first-order chi connectivity index (χ1) is 43.7. The summed E-state index contributed by atoms with van der Waals surface area (Å²) in [4.78, 5) is 131. The van der Waals surface area contributed by atoms with Crippen molar-refractivity contribution < 1.29 is 101 Å². The molecular formula is C59H93N9O21S2. The molecule has 2 aromatic rings. The van der Waals surface area contributed by atoms with Gasteiger partial charge in [-0.15, -0.1) is 0 Å². The van der Waals surface area contributed by atoms with Crippen LogP contribution in [0.15, 0.2) is 17.2 Å². The van der Waals surface area contributed by atoms with E-state index in [1.807, 2.05) is 0 Å². The van der Waals surface area contributed by atoms with E-state index < -0.39 is 182 Å². The molecule has 32 heteroatoms. The molecule has 1 aromatic heterocycles. The largest absolute Gasteiger partial charge is 0.496 e. The number of amides is 8. The molecule has 1 fully saturated rings. The van der Waals surface area contributed by atoms with Gasteiger partial charge in [-0.05, 0) is 30.0 Å². The second-order valence-corrected chi connectivity index (χ2v) is 24.8. The van der Waals surface area contributed by atoms with Gasteiger partial charge >= 0.3 is 0 Å². The molecule has 8 amide bonds. The monoisotopic (exact) mass is 1330 g/mol. The van der Waals surface area contributed by atoms with Gasteiger partial charge < -0.3 is 101 Å². The van der Waals surface area contributed by atoms with E-state index in [0.717, 1.165) is 17.9 Å². The van der Waals surface area contributed by atoms with E-state index in [2.05, 4.69) is 43.8 Å². The zero-order chi connectivity index (χ0) is 66.4. The van der Waals surface area contributed by atoms with Gasteiger partial charge in [-0.25, -0.2) is 0 Å². The number of benzene rings is 1. The van der Waals surface area contributed by atoms with Gasteiger partial charge in [0.05, 0.1) is 153 Å². The quantitative estimate of drug-likeness (QED) is 0.0322. The molecule has 1 aromatic carbocycles. The van der Waals surface area contributed by atoms with E-state index >= 15 is 4.21 Å². The molecule has 91 heavy (non-hydrogen) atoms. The van der Waals surface area contributed by atoms with Crippen molar-refractivity contribution in [2.24, 2.45) is 23.5 Å². The summed E-state index contributed by atoms with van der Waals surface area (Å²) in [6.07, 6.45) is -3.83. The lowest BCUT2D eigenvalue weighted by molar-refractivity contribution is -0.144. The number of fused-ring (bicyclic) bond motifs is 5. The second kappa shape index (κ2) is 40.3. The van der Waals surface area contributed by atoms with Crippen molar-refractivity contribution in [1.82, 2.24) is 41.8 Å². The van der Waals surface area contributed by atoms with E-state index in [1.54, 1.807) is 26.0 Å². The summed E-state index contributed by atoms with van der Waals surface area (Å²) in [5.74, 6) is -11.2. The van der Waals surface area contributed by atoms with Gasteiger partial charge in [0, 0.05) is 66.7 Å². The molecule has 3 aliphatic heterocycles. The van der Waals surface area contributed by atoms with Crippen LogP contribution in [-0.2, 0) is 99.3 Å². The van der Waals surface area contributed by atoms with Crippen LogP contribution in [0.25, 0.3) is 10.9 Å². The summed E-state index contributed by atoms with van der Waals surface area (Å²) in [6.45, 7) is 10.1. The minimum atomic E-state index is -2.42. The van der Waals surface area contributed by atoms with Crippen LogP contribution < -0.4 is 42.4 Å². The predicted octanol–water partition coefficient (Wildman–Crippen LogP) is -2.77. The van der Waals surface area contributed by atoms with Crippen molar-refractivity contribution in [2.45, 2.75) is 119 Å². The summed E-state index contributed by atoms with van der Waals surface area (Å²) in [7, 11) is -0.979. The van der Waals surface area contributed by atoms with E-state index in [9.17, 15) is 58.5 Å². The fraction of sp³-hybridized carbons (Fsp3) is 0.712. The number of hydrogen-bond acceptors (Lipinski definition) is 22. The maximum atomic E-state index is 15.3. The number of carbonyl (C=O) groups excluding carboxylic acids is 9. The Morgan fingerprint density at radius 1 is 0.736 bits per heavy atom. The number of thioether (sulfide) groups is 1. The Balaban J connectivity index is 1.42. The molecule has 11 atom stereocenters. The SMILES string of the molecule is CCCOCCOCCOCCOCCOCCOCCOCCSCc1c(OC)ccc2c3c([nH]c12)S(=O)C[C@H]1NC(=O)CNC(=O)[C@H]([C@@H](C)CC)CC(=O)CNC(=O)[C@H](C3)NC(=O)[C@H]([C@@H](C)[C@@H](O)CO)NC(=O)[C@@H]2C[C@@H](O)CN2C(=O)[C@H](CC(N)=O)NC1=O. The molecule has 2 bridgehead atoms. The van der Waals surface area contributed by atoms with Crippen LogP contribution in [0.3, 0.4) is 0 Å². The molecule has 512 valence electrons. The molecule has 3 aliphatic rings. The van der Waals surface area contributed by atoms with Crippen molar-refractivity contribution >= 4 is 86.5 Å². The third kappa shape index (κ3) is 24.2. The number of carbonyl (C=O) groups is 9. The lowest BCUT2D eigenvalue weighted by Gasteiger charge is -2.32.